The number of hydrogen-bond donors (Lipinski definition) is 2. The summed E-state index contributed by atoms with van der Waals surface area (Å²) in [4.78, 5) is 17.3. The summed E-state index contributed by atoms with van der Waals surface area (Å²) >= 11 is 1.40. The topological polar surface area (TPSA) is 88.7 Å². The molecule has 2 aromatic rings. The minimum atomic E-state index is -1.08. The van der Waals surface area contributed by atoms with Crippen LogP contribution in [-0.4, -0.2) is 29.2 Å². The first-order chi connectivity index (χ1) is 10.1. The summed E-state index contributed by atoms with van der Waals surface area (Å²) in [6.45, 7) is 1.95. The van der Waals surface area contributed by atoms with E-state index in [0.29, 0.717) is 25.4 Å². The summed E-state index contributed by atoms with van der Waals surface area (Å²) in [6, 6.07) is 6.81. The summed E-state index contributed by atoms with van der Waals surface area (Å²) < 4.78 is 5.71. The summed E-state index contributed by atoms with van der Waals surface area (Å²) in [6.07, 6.45) is 0. The molecule has 3 N–H and O–H groups in total. The summed E-state index contributed by atoms with van der Waals surface area (Å²) in [5, 5.41) is 11.4. The van der Waals surface area contributed by atoms with Gasteiger partial charge >= 0.3 is 5.97 Å². The van der Waals surface area contributed by atoms with Gasteiger partial charge in [-0.2, -0.15) is 0 Å². The van der Waals surface area contributed by atoms with Crippen molar-refractivity contribution < 1.29 is 14.6 Å². The van der Waals surface area contributed by atoms with Crippen LogP contribution in [0.5, 0.6) is 5.75 Å². The number of carboxylic acid groups (broad SMARTS) is 1. The van der Waals surface area contributed by atoms with Gasteiger partial charge < -0.3 is 20.5 Å². The Kier molecular flexibility index (Phi) is 3.76. The molecule has 0 aliphatic carbocycles. The Hall–Kier alpha value is -2.12. The van der Waals surface area contributed by atoms with E-state index in [4.69, 9.17) is 15.6 Å². The standard InChI is InChI=1S/C14H15N3O3S/c15-12(13(18)19)10-8-21-14(16-10)17-5-6-20-11-4-2-1-3-9(11)7-17/h1-4,8,12H,5-7,15H2,(H,18,19). The van der Waals surface area contributed by atoms with Gasteiger partial charge in [0, 0.05) is 17.5 Å². The number of anilines is 1. The van der Waals surface area contributed by atoms with E-state index >= 15 is 0 Å². The van der Waals surface area contributed by atoms with Crippen molar-refractivity contribution in [2.24, 2.45) is 5.73 Å². The molecule has 1 aromatic heterocycles. The average Bonchev–Trinajstić information content (AvgIpc) is 2.86. The number of carboxylic acids is 1. The predicted octanol–water partition coefficient (Wildman–Crippen LogP) is 1.63. The third kappa shape index (κ3) is 2.84. The van der Waals surface area contributed by atoms with Crippen LogP contribution in [0.1, 0.15) is 17.3 Å². The Morgan fingerprint density at radius 1 is 1.48 bits per heavy atom. The normalized spacial score (nSPS) is 15.8. The fourth-order valence-corrected chi connectivity index (χ4v) is 3.07. The maximum Gasteiger partial charge on any atom is 0.326 e. The highest BCUT2D eigenvalue weighted by Gasteiger charge is 2.21. The molecular formula is C14H15N3O3S. The molecule has 0 fully saturated rings. The van der Waals surface area contributed by atoms with Crippen molar-refractivity contribution in [3.8, 4) is 5.75 Å². The van der Waals surface area contributed by atoms with E-state index < -0.39 is 12.0 Å². The maximum atomic E-state index is 10.9. The van der Waals surface area contributed by atoms with Crippen molar-refractivity contribution in [1.29, 1.82) is 0 Å². The third-order valence-corrected chi connectivity index (χ3v) is 4.24. The van der Waals surface area contributed by atoms with Crippen molar-refractivity contribution >= 4 is 22.4 Å². The Morgan fingerprint density at radius 2 is 2.29 bits per heavy atom. The van der Waals surface area contributed by atoms with Gasteiger partial charge in [-0.05, 0) is 6.07 Å². The molecule has 1 atom stereocenters. The summed E-state index contributed by atoms with van der Waals surface area (Å²) in [7, 11) is 0. The summed E-state index contributed by atoms with van der Waals surface area (Å²) in [5.41, 5.74) is 7.07. The number of thiazole rings is 1. The molecule has 0 spiro atoms. The number of aromatic nitrogens is 1. The fourth-order valence-electron chi connectivity index (χ4n) is 2.18. The van der Waals surface area contributed by atoms with Crippen LogP contribution in [0.15, 0.2) is 29.6 Å². The minimum absolute atomic E-state index is 0.390. The largest absolute Gasteiger partial charge is 0.491 e. The van der Waals surface area contributed by atoms with Crippen LogP contribution in [0.3, 0.4) is 0 Å². The lowest BCUT2D eigenvalue weighted by Gasteiger charge is -2.18. The molecule has 7 heteroatoms. The molecular weight excluding hydrogens is 290 g/mol. The molecule has 1 aliphatic rings. The van der Waals surface area contributed by atoms with Crippen LogP contribution in [0, 0.1) is 0 Å². The van der Waals surface area contributed by atoms with Gasteiger partial charge in [-0.3, -0.25) is 4.79 Å². The zero-order valence-corrected chi connectivity index (χ0v) is 12.0. The average molecular weight is 305 g/mol. The van der Waals surface area contributed by atoms with Gasteiger partial charge in [0.15, 0.2) is 5.13 Å². The number of benzene rings is 1. The third-order valence-electron chi connectivity index (χ3n) is 3.32. The van der Waals surface area contributed by atoms with Crippen molar-refractivity contribution in [3.63, 3.8) is 0 Å². The first-order valence-corrected chi connectivity index (χ1v) is 7.42. The van der Waals surface area contributed by atoms with Crippen LogP contribution in [0.25, 0.3) is 0 Å². The van der Waals surface area contributed by atoms with E-state index in [2.05, 4.69) is 9.88 Å². The lowest BCUT2D eigenvalue weighted by Crippen LogP contribution is -2.26. The molecule has 0 radical (unpaired) electrons. The minimum Gasteiger partial charge on any atom is -0.491 e. The fraction of sp³-hybridized carbons (Fsp3) is 0.286. The number of carbonyl (C=O) groups is 1. The highest BCUT2D eigenvalue weighted by molar-refractivity contribution is 7.13. The van der Waals surface area contributed by atoms with Crippen molar-refractivity contribution in [1.82, 2.24) is 4.98 Å². The first kappa shape index (κ1) is 13.8. The number of para-hydroxylation sites is 1. The number of fused-ring (bicyclic) bond motifs is 1. The second-order valence-corrected chi connectivity index (χ2v) is 5.59. The van der Waals surface area contributed by atoms with Gasteiger partial charge in [-0.15, -0.1) is 11.3 Å². The Bertz CT molecular complexity index is 658. The monoisotopic (exact) mass is 305 g/mol. The predicted molar refractivity (Wildman–Crippen MR) is 79.7 cm³/mol. The molecule has 110 valence electrons. The molecule has 1 aromatic carbocycles. The molecule has 0 amide bonds. The maximum absolute atomic E-state index is 10.9. The van der Waals surface area contributed by atoms with Gasteiger partial charge in [0.25, 0.3) is 0 Å². The molecule has 2 heterocycles. The lowest BCUT2D eigenvalue weighted by molar-refractivity contribution is -0.138. The van der Waals surface area contributed by atoms with E-state index in [9.17, 15) is 4.79 Å². The second-order valence-electron chi connectivity index (χ2n) is 4.75. The molecule has 0 saturated heterocycles. The van der Waals surface area contributed by atoms with Crippen LogP contribution >= 0.6 is 11.3 Å². The molecule has 3 rings (SSSR count). The number of rotatable bonds is 3. The van der Waals surface area contributed by atoms with E-state index in [-0.39, 0.29) is 0 Å². The summed E-state index contributed by atoms with van der Waals surface area (Å²) in [5.74, 6) is -0.185. The van der Waals surface area contributed by atoms with E-state index in [1.165, 1.54) is 11.3 Å². The Balaban J connectivity index is 1.83. The Morgan fingerprint density at radius 3 is 3.10 bits per heavy atom. The number of nitrogens with two attached hydrogens (primary N) is 1. The van der Waals surface area contributed by atoms with Crippen LogP contribution in [0.2, 0.25) is 0 Å². The van der Waals surface area contributed by atoms with Crippen molar-refractivity contribution in [2.45, 2.75) is 12.6 Å². The van der Waals surface area contributed by atoms with E-state index in [1.807, 2.05) is 24.3 Å². The molecule has 0 saturated carbocycles. The highest BCUT2D eigenvalue weighted by Crippen LogP contribution is 2.29. The molecule has 1 unspecified atom stereocenters. The lowest BCUT2D eigenvalue weighted by atomic mass is 10.2. The molecule has 0 bridgehead atoms. The zero-order valence-electron chi connectivity index (χ0n) is 11.2. The van der Waals surface area contributed by atoms with Gasteiger partial charge in [-0.1, -0.05) is 18.2 Å². The zero-order chi connectivity index (χ0) is 14.8. The van der Waals surface area contributed by atoms with Crippen molar-refractivity contribution in [2.75, 3.05) is 18.1 Å². The van der Waals surface area contributed by atoms with E-state index in [1.54, 1.807) is 5.38 Å². The molecule has 6 nitrogen and oxygen atoms in total. The molecule has 21 heavy (non-hydrogen) atoms. The van der Waals surface area contributed by atoms with Gasteiger partial charge in [0.1, 0.15) is 18.4 Å². The number of aliphatic carboxylic acids is 1. The van der Waals surface area contributed by atoms with E-state index in [0.717, 1.165) is 16.4 Å². The van der Waals surface area contributed by atoms with Crippen LogP contribution in [-0.2, 0) is 11.3 Å². The van der Waals surface area contributed by atoms with Gasteiger partial charge in [-0.25, -0.2) is 4.98 Å². The smallest absolute Gasteiger partial charge is 0.326 e. The van der Waals surface area contributed by atoms with Crippen LogP contribution in [0.4, 0.5) is 5.13 Å². The van der Waals surface area contributed by atoms with Crippen LogP contribution < -0.4 is 15.4 Å². The first-order valence-electron chi connectivity index (χ1n) is 6.54. The number of ether oxygens (including phenoxy) is 1. The second kappa shape index (κ2) is 5.71. The highest BCUT2D eigenvalue weighted by atomic mass is 32.1. The number of nitrogens with zero attached hydrogens (tertiary/aromatic N) is 2. The SMILES string of the molecule is NC(C(=O)O)c1csc(N2CCOc3ccccc3C2)n1. The van der Waals surface area contributed by atoms with Crippen molar-refractivity contribution in [3.05, 3.63) is 40.9 Å². The quantitative estimate of drug-likeness (QED) is 0.896. The molecule has 1 aliphatic heterocycles. The number of hydrogen-bond acceptors (Lipinski definition) is 6. The van der Waals surface area contributed by atoms with Gasteiger partial charge in [0.2, 0.25) is 0 Å². The Labute approximate surface area is 125 Å². The van der Waals surface area contributed by atoms with Gasteiger partial charge in [0.05, 0.1) is 12.2 Å².